The molecule has 0 atom stereocenters. The van der Waals surface area contributed by atoms with Gasteiger partial charge in [0.25, 0.3) is 5.91 Å². The Bertz CT molecular complexity index is 1020. The molecule has 2 aromatic heterocycles. The van der Waals surface area contributed by atoms with Crippen molar-refractivity contribution >= 4 is 32.6 Å². The number of benzene rings is 1. The first-order valence-corrected chi connectivity index (χ1v) is 10.9. The smallest absolute Gasteiger partial charge is 0.280 e. The Balaban J connectivity index is 1.99. The topological polar surface area (TPSA) is 54.3 Å². The van der Waals surface area contributed by atoms with E-state index in [-0.39, 0.29) is 11.9 Å². The van der Waals surface area contributed by atoms with Gasteiger partial charge in [-0.1, -0.05) is 17.4 Å². The van der Waals surface area contributed by atoms with Crippen LogP contribution in [0.4, 0.5) is 5.13 Å². The van der Waals surface area contributed by atoms with Crippen molar-refractivity contribution in [1.82, 2.24) is 19.7 Å². The van der Waals surface area contributed by atoms with Crippen LogP contribution in [0.1, 0.15) is 53.6 Å². The predicted octanol–water partition coefficient (Wildman–Crippen LogP) is 4.60. The van der Waals surface area contributed by atoms with Crippen molar-refractivity contribution in [3.8, 4) is 0 Å². The second-order valence-electron chi connectivity index (χ2n) is 8.25. The van der Waals surface area contributed by atoms with Crippen molar-refractivity contribution in [2.45, 2.75) is 47.1 Å². The fourth-order valence-electron chi connectivity index (χ4n) is 3.56. The van der Waals surface area contributed by atoms with Crippen LogP contribution < -0.4 is 4.90 Å². The number of carbonyl (C=O) groups is 1. The van der Waals surface area contributed by atoms with E-state index in [0.29, 0.717) is 12.2 Å². The Labute approximate surface area is 177 Å². The molecule has 0 aliphatic rings. The van der Waals surface area contributed by atoms with E-state index in [1.165, 1.54) is 5.56 Å². The van der Waals surface area contributed by atoms with Gasteiger partial charge in [0.15, 0.2) is 10.8 Å². The van der Waals surface area contributed by atoms with Crippen molar-refractivity contribution in [1.29, 1.82) is 0 Å². The van der Waals surface area contributed by atoms with Crippen LogP contribution in [0.15, 0.2) is 18.2 Å². The van der Waals surface area contributed by atoms with E-state index < -0.39 is 0 Å². The largest absolute Gasteiger partial charge is 0.309 e. The molecule has 3 aromatic rings. The van der Waals surface area contributed by atoms with E-state index in [0.717, 1.165) is 39.6 Å². The quantitative estimate of drug-likeness (QED) is 0.568. The number of aromatic nitrogens is 3. The minimum Gasteiger partial charge on any atom is -0.309 e. The molecule has 6 nitrogen and oxygen atoms in total. The molecule has 29 heavy (non-hydrogen) atoms. The summed E-state index contributed by atoms with van der Waals surface area (Å²) in [7, 11) is 4.09. The SMILES string of the molecule is Cc1cc(C)c2nc(N(CCCN(C)C)C(=O)c3cc(C)n(C(C)C)n3)sc2c1. The van der Waals surface area contributed by atoms with Crippen molar-refractivity contribution in [3.63, 3.8) is 0 Å². The third-order valence-electron chi connectivity index (χ3n) is 4.91. The maximum atomic E-state index is 13.4. The lowest BCUT2D eigenvalue weighted by atomic mass is 10.1. The lowest BCUT2D eigenvalue weighted by molar-refractivity contribution is 0.0980. The van der Waals surface area contributed by atoms with E-state index in [1.807, 2.05) is 31.8 Å². The molecule has 0 aliphatic heterocycles. The second-order valence-corrected chi connectivity index (χ2v) is 9.26. The van der Waals surface area contributed by atoms with Crippen LogP contribution in [0.5, 0.6) is 0 Å². The summed E-state index contributed by atoms with van der Waals surface area (Å²) in [6, 6.07) is 6.37. The molecule has 7 heteroatoms. The number of nitrogens with zero attached hydrogens (tertiary/aromatic N) is 5. The van der Waals surface area contributed by atoms with Crippen LogP contribution in [0.25, 0.3) is 10.2 Å². The highest BCUT2D eigenvalue weighted by molar-refractivity contribution is 7.22. The number of hydrogen-bond acceptors (Lipinski definition) is 5. The first-order valence-electron chi connectivity index (χ1n) is 10.1. The average molecular weight is 414 g/mol. The van der Waals surface area contributed by atoms with Crippen LogP contribution >= 0.6 is 11.3 Å². The normalized spacial score (nSPS) is 11.8. The number of rotatable bonds is 7. The molecular weight excluding hydrogens is 382 g/mol. The molecule has 3 rings (SSSR count). The van der Waals surface area contributed by atoms with Gasteiger partial charge in [0.05, 0.1) is 10.2 Å². The fraction of sp³-hybridized carbons (Fsp3) is 0.500. The van der Waals surface area contributed by atoms with Crippen molar-refractivity contribution in [2.24, 2.45) is 0 Å². The zero-order chi connectivity index (χ0) is 21.3. The van der Waals surface area contributed by atoms with E-state index >= 15 is 0 Å². The number of thiazole rings is 1. The third-order valence-corrected chi connectivity index (χ3v) is 5.94. The molecule has 0 saturated heterocycles. The number of anilines is 1. The van der Waals surface area contributed by atoms with Gasteiger partial charge in [-0.3, -0.25) is 14.4 Å². The average Bonchev–Trinajstić information content (AvgIpc) is 3.21. The highest BCUT2D eigenvalue weighted by atomic mass is 32.1. The Morgan fingerprint density at radius 2 is 1.86 bits per heavy atom. The monoisotopic (exact) mass is 413 g/mol. The number of carbonyl (C=O) groups excluding carboxylic acids is 1. The highest BCUT2D eigenvalue weighted by Gasteiger charge is 2.24. The van der Waals surface area contributed by atoms with Gasteiger partial charge in [-0.15, -0.1) is 0 Å². The standard InChI is InChI=1S/C22H31N5OS/c1-14(2)27-17(5)13-18(24-27)21(28)26(10-8-9-25(6)7)22-23-20-16(4)11-15(3)12-19(20)29-22/h11-14H,8-10H2,1-7H3. The summed E-state index contributed by atoms with van der Waals surface area (Å²) in [6.07, 6.45) is 0.872. The minimum absolute atomic E-state index is 0.0836. The molecule has 0 saturated carbocycles. The fourth-order valence-corrected chi connectivity index (χ4v) is 4.72. The number of amides is 1. The molecule has 0 spiro atoms. The summed E-state index contributed by atoms with van der Waals surface area (Å²) < 4.78 is 3.02. The highest BCUT2D eigenvalue weighted by Crippen LogP contribution is 2.32. The summed E-state index contributed by atoms with van der Waals surface area (Å²) in [5.41, 5.74) is 4.80. The van der Waals surface area contributed by atoms with Gasteiger partial charge in [-0.05, 0) is 84.9 Å². The molecule has 1 aromatic carbocycles. The van der Waals surface area contributed by atoms with Gasteiger partial charge < -0.3 is 4.90 Å². The van der Waals surface area contributed by atoms with Crippen LogP contribution in [0.2, 0.25) is 0 Å². The zero-order valence-electron chi connectivity index (χ0n) is 18.5. The lowest BCUT2D eigenvalue weighted by Crippen LogP contribution is -2.33. The lowest BCUT2D eigenvalue weighted by Gasteiger charge is -2.20. The molecule has 0 aliphatic carbocycles. The van der Waals surface area contributed by atoms with Gasteiger partial charge in [0.1, 0.15) is 0 Å². The molecule has 1 amide bonds. The van der Waals surface area contributed by atoms with E-state index in [9.17, 15) is 4.79 Å². The maximum Gasteiger partial charge on any atom is 0.280 e. The summed E-state index contributed by atoms with van der Waals surface area (Å²) in [5, 5.41) is 5.32. The van der Waals surface area contributed by atoms with Crippen molar-refractivity contribution < 1.29 is 4.79 Å². The Hall–Kier alpha value is -2.25. The molecule has 0 radical (unpaired) electrons. The van der Waals surface area contributed by atoms with E-state index in [2.05, 4.69) is 49.8 Å². The predicted molar refractivity (Wildman–Crippen MR) is 121 cm³/mol. The Morgan fingerprint density at radius 3 is 2.48 bits per heavy atom. The summed E-state index contributed by atoms with van der Waals surface area (Å²) in [5.74, 6) is -0.0836. The molecule has 0 N–H and O–H groups in total. The van der Waals surface area contributed by atoms with Crippen LogP contribution in [0, 0.1) is 20.8 Å². The summed E-state index contributed by atoms with van der Waals surface area (Å²) >= 11 is 1.58. The number of aryl methyl sites for hydroxylation is 3. The Kier molecular flexibility index (Phi) is 6.39. The van der Waals surface area contributed by atoms with Crippen molar-refractivity contribution in [3.05, 3.63) is 40.7 Å². The van der Waals surface area contributed by atoms with E-state index in [4.69, 9.17) is 4.98 Å². The summed E-state index contributed by atoms with van der Waals surface area (Å²) in [6.45, 7) is 11.8. The minimum atomic E-state index is -0.0836. The van der Waals surface area contributed by atoms with Gasteiger partial charge in [0, 0.05) is 18.3 Å². The van der Waals surface area contributed by atoms with Gasteiger partial charge in [-0.2, -0.15) is 5.10 Å². The molecular formula is C22H31N5OS. The molecule has 0 unspecified atom stereocenters. The maximum absolute atomic E-state index is 13.4. The number of fused-ring (bicyclic) bond motifs is 1. The Morgan fingerprint density at radius 1 is 1.14 bits per heavy atom. The van der Waals surface area contributed by atoms with Gasteiger partial charge in [0.2, 0.25) is 0 Å². The van der Waals surface area contributed by atoms with Gasteiger partial charge in [-0.25, -0.2) is 4.98 Å². The second kappa shape index (κ2) is 8.63. The first-order chi connectivity index (χ1) is 13.7. The first kappa shape index (κ1) is 21.5. The van der Waals surface area contributed by atoms with Crippen LogP contribution in [0.3, 0.4) is 0 Å². The summed E-state index contributed by atoms with van der Waals surface area (Å²) in [4.78, 5) is 22.2. The van der Waals surface area contributed by atoms with Crippen LogP contribution in [-0.2, 0) is 0 Å². The molecule has 0 fully saturated rings. The number of hydrogen-bond donors (Lipinski definition) is 0. The van der Waals surface area contributed by atoms with Gasteiger partial charge >= 0.3 is 0 Å². The molecule has 156 valence electrons. The third kappa shape index (κ3) is 4.67. The van der Waals surface area contributed by atoms with E-state index in [1.54, 1.807) is 16.2 Å². The molecule has 2 heterocycles. The van der Waals surface area contributed by atoms with Crippen LogP contribution in [-0.4, -0.2) is 52.8 Å². The molecule has 0 bridgehead atoms. The zero-order valence-corrected chi connectivity index (χ0v) is 19.3. The van der Waals surface area contributed by atoms with Crippen molar-refractivity contribution in [2.75, 3.05) is 32.1 Å².